The van der Waals surface area contributed by atoms with Gasteiger partial charge in [-0.05, 0) is 12.1 Å². The minimum Gasteiger partial charge on any atom is -0.347 e. The van der Waals surface area contributed by atoms with Gasteiger partial charge in [-0.2, -0.15) is 0 Å². The van der Waals surface area contributed by atoms with Crippen molar-refractivity contribution in [1.29, 1.82) is 0 Å². The van der Waals surface area contributed by atoms with Gasteiger partial charge in [-0.25, -0.2) is 0 Å². The Kier molecular flexibility index (Phi) is 4.64. The van der Waals surface area contributed by atoms with Crippen molar-refractivity contribution in [3.05, 3.63) is 44.9 Å². The van der Waals surface area contributed by atoms with Crippen molar-refractivity contribution >= 4 is 45.0 Å². The molecule has 0 bridgehead atoms. The molecule has 0 radical (unpaired) electrons. The predicted molar refractivity (Wildman–Crippen MR) is 66.9 cm³/mol. The quantitative estimate of drug-likeness (QED) is 0.907. The molecule has 0 fully saturated rings. The van der Waals surface area contributed by atoms with Gasteiger partial charge in [-0.3, -0.25) is 4.79 Å². The lowest BCUT2D eigenvalue weighted by atomic mass is 10.2. The highest BCUT2D eigenvalue weighted by molar-refractivity contribution is 9.11. The van der Waals surface area contributed by atoms with Crippen LogP contribution in [0.2, 0.25) is 10.0 Å². The molecular formula is C10H8BrCl2NO. The summed E-state index contributed by atoms with van der Waals surface area (Å²) in [5.41, 5.74) is 0.287. The van der Waals surface area contributed by atoms with Crippen molar-refractivity contribution in [2.45, 2.75) is 0 Å². The summed E-state index contributed by atoms with van der Waals surface area (Å²) in [5, 5.41) is 3.29. The highest BCUT2D eigenvalue weighted by Gasteiger charge is 2.13. The maximum absolute atomic E-state index is 11.6. The van der Waals surface area contributed by atoms with Crippen molar-refractivity contribution in [3.63, 3.8) is 0 Å². The van der Waals surface area contributed by atoms with E-state index < -0.39 is 0 Å². The van der Waals surface area contributed by atoms with Crippen LogP contribution < -0.4 is 5.32 Å². The molecule has 0 saturated heterocycles. The first-order valence-electron chi connectivity index (χ1n) is 4.08. The molecule has 0 aliphatic rings. The van der Waals surface area contributed by atoms with Gasteiger partial charge >= 0.3 is 0 Å². The molecule has 2 nitrogen and oxygen atoms in total. The number of halogens is 3. The summed E-state index contributed by atoms with van der Waals surface area (Å²) in [6.45, 7) is 3.94. The van der Waals surface area contributed by atoms with E-state index in [-0.39, 0.29) is 11.5 Å². The molecule has 0 aliphatic carbocycles. The maximum Gasteiger partial charge on any atom is 0.254 e. The molecule has 0 unspecified atom stereocenters. The standard InChI is InChI=1S/C10H8BrCl2NO/c1-6(11)5-14-10(15)9-7(12)3-2-4-8(9)13/h2-4H,1,5H2,(H,14,15). The maximum atomic E-state index is 11.6. The fraction of sp³-hybridized carbons (Fsp3) is 0.100. The van der Waals surface area contributed by atoms with Crippen molar-refractivity contribution in [1.82, 2.24) is 5.32 Å². The normalized spacial score (nSPS) is 9.80. The first-order valence-corrected chi connectivity index (χ1v) is 5.62. The fourth-order valence-corrected chi connectivity index (χ4v) is 1.69. The Morgan fingerprint density at radius 1 is 1.40 bits per heavy atom. The average Bonchev–Trinajstić information content (AvgIpc) is 2.14. The van der Waals surface area contributed by atoms with Crippen LogP contribution in [0.5, 0.6) is 0 Å². The lowest BCUT2D eigenvalue weighted by Crippen LogP contribution is -2.25. The van der Waals surface area contributed by atoms with E-state index in [1.807, 2.05) is 0 Å². The second kappa shape index (κ2) is 5.54. The van der Waals surface area contributed by atoms with Crippen LogP contribution in [0.3, 0.4) is 0 Å². The predicted octanol–water partition coefficient (Wildman–Crippen LogP) is 3.63. The van der Waals surface area contributed by atoms with E-state index in [1.165, 1.54) is 0 Å². The molecule has 0 heterocycles. The summed E-state index contributed by atoms with van der Waals surface area (Å²) in [5.74, 6) is -0.314. The first kappa shape index (κ1) is 12.6. The summed E-state index contributed by atoms with van der Waals surface area (Å²) >= 11 is 14.9. The molecule has 0 aromatic heterocycles. The molecular weight excluding hydrogens is 301 g/mol. The van der Waals surface area contributed by atoms with Crippen LogP contribution in [-0.2, 0) is 0 Å². The molecule has 0 saturated carbocycles. The second-order valence-corrected chi connectivity index (χ2v) is 4.73. The number of benzene rings is 1. The zero-order valence-corrected chi connectivity index (χ0v) is 10.8. The lowest BCUT2D eigenvalue weighted by Gasteiger charge is -2.07. The van der Waals surface area contributed by atoms with Crippen molar-refractivity contribution in [2.75, 3.05) is 6.54 Å². The zero-order valence-electron chi connectivity index (χ0n) is 7.69. The fourth-order valence-electron chi connectivity index (χ4n) is 0.979. The third-order valence-corrected chi connectivity index (χ3v) is 2.54. The van der Waals surface area contributed by atoms with Crippen LogP contribution in [-0.4, -0.2) is 12.5 Å². The number of nitrogens with one attached hydrogen (secondary N) is 1. The number of carbonyl (C=O) groups is 1. The highest BCUT2D eigenvalue weighted by Crippen LogP contribution is 2.23. The van der Waals surface area contributed by atoms with Gasteiger partial charge in [0, 0.05) is 11.0 Å². The van der Waals surface area contributed by atoms with Crippen LogP contribution in [0.25, 0.3) is 0 Å². The Labute approximate surface area is 106 Å². The monoisotopic (exact) mass is 307 g/mol. The molecule has 80 valence electrons. The Morgan fingerprint density at radius 2 is 1.93 bits per heavy atom. The lowest BCUT2D eigenvalue weighted by molar-refractivity contribution is 0.0958. The van der Waals surface area contributed by atoms with E-state index in [9.17, 15) is 4.79 Å². The molecule has 1 N–H and O–H groups in total. The Morgan fingerprint density at radius 3 is 2.40 bits per heavy atom. The van der Waals surface area contributed by atoms with E-state index in [1.54, 1.807) is 18.2 Å². The second-order valence-electron chi connectivity index (χ2n) is 2.80. The molecule has 1 amide bonds. The summed E-state index contributed by atoms with van der Waals surface area (Å²) in [7, 11) is 0. The molecule has 0 aliphatic heterocycles. The largest absolute Gasteiger partial charge is 0.347 e. The van der Waals surface area contributed by atoms with Crippen molar-refractivity contribution < 1.29 is 4.79 Å². The van der Waals surface area contributed by atoms with Crippen LogP contribution in [0.15, 0.2) is 29.3 Å². The Balaban J connectivity index is 2.86. The van der Waals surface area contributed by atoms with Gasteiger partial charge in [0.25, 0.3) is 5.91 Å². The third-order valence-electron chi connectivity index (χ3n) is 1.63. The molecule has 0 spiro atoms. The molecule has 1 rings (SSSR count). The third kappa shape index (κ3) is 3.52. The molecule has 15 heavy (non-hydrogen) atoms. The van der Waals surface area contributed by atoms with Crippen LogP contribution in [0.4, 0.5) is 0 Å². The van der Waals surface area contributed by atoms with E-state index in [2.05, 4.69) is 27.8 Å². The van der Waals surface area contributed by atoms with Gasteiger partial charge < -0.3 is 5.32 Å². The number of carbonyl (C=O) groups excluding carboxylic acids is 1. The minimum atomic E-state index is -0.314. The summed E-state index contributed by atoms with van der Waals surface area (Å²) in [4.78, 5) is 11.6. The molecule has 1 aromatic carbocycles. The number of hydrogen-bond acceptors (Lipinski definition) is 1. The smallest absolute Gasteiger partial charge is 0.254 e. The number of rotatable bonds is 3. The SMILES string of the molecule is C=C(Br)CNC(=O)c1c(Cl)cccc1Cl. The van der Waals surface area contributed by atoms with Gasteiger partial charge in [0.15, 0.2) is 0 Å². The molecule has 5 heteroatoms. The van der Waals surface area contributed by atoms with Crippen LogP contribution in [0.1, 0.15) is 10.4 Å². The Hall–Kier alpha value is -0.510. The number of hydrogen-bond donors (Lipinski definition) is 1. The van der Waals surface area contributed by atoms with Gasteiger partial charge in [0.1, 0.15) is 0 Å². The van der Waals surface area contributed by atoms with Gasteiger partial charge in [0.2, 0.25) is 0 Å². The summed E-state index contributed by atoms with van der Waals surface area (Å²) < 4.78 is 0.680. The van der Waals surface area contributed by atoms with Crippen molar-refractivity contribution in [3.8, 4) is 0 Å². The Bertz CT molecular complexity index is 386. The highest BCUT2D eigenvalue weighted by atomic mass is 79.9. The van der Waals surface area contributed by atoms with Crippen LogP contribution in [0, 0.1) is 0 Å². The van der Waals surface area contributed by atoms with Gasteiger partial charge in [-0.1, -0.05) is 51.8 Å². The van der Waals surface area contributed by atoms with E-state index >= 15 is 0 Å². The van der Waals surface area contributed by atoms with E-state index in [4.69, 9.17) is 23.2 Å². The van der Waals surface area contributed by atoms with Crippen molar-refractivity contribution in [2.24, 2.45) is 0 Å². The summed E-state index contributed by atoms with van der Waals surface area (Å²) in [6.07, 6.45) is 0. The first-order chi connectivity index (χ1) is 7.02. The van der Waals surface area contributed by atoms with Gasteiger partial charge in [0.05, 0.1) is 15.6 Å². The van der Waals surface area contributed by atoms with E-state index in [0.29, 0.717) is 21.1 Å². The topological polar surface area (TPSA) is 29.1 Å². The zero-order chi connectivity index (χ0) is 11.4. The number of amides is 1. The van der Waals surface area contributed by atoms with Gasteiger partial charge in [-0.15, -0.1) is 0 Å². The minimum absolute atomic E-state index is 0.287. The van der Waals surface area contributed by atoms with E-state index in [0.717, 1.165) is 0 Å². The average molecular weight is 309 g/mol. The summed E-state index contributed by atoms with van der Waals surface area (Å²) in [6, 6.07) is 4.92. The molecule has 0 atom stereocenters. The van der Waals surface area contributed by atoms with Crippen LogP contribution >= 0.6 is 39.1 Å². The molecule has 1 aromatic rings.